The maximum absolute atomic E-state index is 12.2. The van der Waals surface area contributed by atoms with Gasteiger partial charge in [-0.15, -0.1) is 21.5 Å². The molecule has 0 saturated heterocycles. The molecular weight excluding hydrogens is 386 g/mol. The van der Waals surface area contributed by atoms with Crippen LogP contribution in [-0.4, -0.2) is 21.2 Å². The first kappa shape index (κ1) is 19.3. The topological polar surface area (TPSA) is 78.1 Å². The molecule has 0 unspecified atom stereocenters. The maximum Gasteiger partial charge on any atom is 0.306 e. The zero-order valence-electron chi connectivity index (χ0n) is 16.3. The van der Waals surface area contributed by atoms with Crippen LogP contribution in [0.2, 0.25) is 0 Å². The smallest absolute Gasteiger partial charge is 0.306 e. The van der Waals surface area contributed by atoms with Crippen LogP contribution >= 0.6 is 11.3 Å². The van der Waals surface area contributed by atoms with Gasteiger partial charge < -0.3 is 9.15 Å². The minimum absolute atomic E-state index is 0.284. The number of thiazole rings is 1. The molecule has 0 aliphatic heterocycles. The molecule has 0 N–H and O–H groups in total. The van der Waals surface area contributed by atoms with E-state index < -0.39 is 6.10 Å². The van der Waals surface area contributed by atoms with Gasteiger partial charge in [-0.3, -0.25) is 4.79 Å². The van der Waals surface area contributed by atoms with Gasteiger partial charge in [-0.05, 0) is 51.0 Å². The molecule has 4 aromatic rings. The Kier molecular flexibility index (Phi) is 5.67. The summed E-state index contributed by atoms with van der Waals surface area (Å²) in [7, 11) is 0. The summed E-state index contributed by atoms with van der Waals surface area (Å²) in [5.74, 6) is 0.424. The second kappa shape index (κ2) is 8.53. The van der Waals surface area contributed by atoms with Crippen LogP contribution in [0.1, 0.15) is 42.3 Å². The lowest BCUT2D eigenvalue weighted by molar-refractivity contribution is -0.149. The fraction of sp³-hybridized carbons (Fsp3) is 0.273. The Morgan fingerprint density at radius 2 is 1.93 bits per heavy atom. The highest BCUT2D eigenvalue weighted by Gasteiger charge is 2.19. The zero-order chi connectivity index (χ0) is 20.2. The van der Waals surface area contributed by atoms with Gasteiger partial charge in [-0.2, -0.15) is 0 Å². The summed E-state index contributed by atoms with van der Waals surface area (Å²) in [5.41, 5.74) is 3.00. The molecule has 0 amide bonds. The Balaban J connectivity index is 1.28. The van der Waals surface area contributed by atoms with Crippen molar-refractivity contribution in [2.24, 2.45) is 0 Å². The Morgan fingerprint density at radius 3 is 2.72 bits per heavy atom. The molecule has 0 bridgehead atoms. The Labute approximate surface area is 172 Å². The summed E-state index contributed by atoms with van der Waals surface area (Å²) >= 11 is 1.66. The van der Waals surface area contributed by atoms with E-state index in [2.05, 4.69) is 21.2 Å². The second-order valence-electron chi connectivity index (χ2n) is 6.87. The molecule has 148 valence electrons. The first-order valence-corrected chi connectivity index (χ1v) is 10.3. The Bertz CT molecular complexity index is 1080. The predicted octanol–water partition coefficient (Wildman–Crippen LogP) is 5.28. The van der Waals surface area contributed by atoms with Crippen molar-refractivity contribution in [3.63, 3.8) is 0 Å². The lowest BCUT2D eigenvalue weighted by atomic mass is 10.1. The molecule has 0 saturated carbocycles. The van der Waals surface area contributed by atoms with Crippen molar-refractivity contribution in [3.05, 3.63) is 65.0 Å². The molecule has 4 rings (SSSR count). The minimum atomic E-state index is -0.586. The minimum Gasteiger partial charge on any atom is -0.453 e. The summed E-state index contributed by atoms with van der Waals surface area (Å²) < 4.78 is 12.3. The van der Waals surface area contributed by atoms with Crippen LogP contribution in [0.25, 0.3) is 21.7 Å². The molecule has 0 aliphatic rings. The number of aromatic nitrogens is 3. The quantitative estimate of drug-likeness (QED) is 0.388. The highest BCUT2D eigenvalue weighted by atomic mass is 32.1. The number of para-hydroxylation sites is 1. The van der Waals surface area contributed by atoms with Gasteiger partial charge in [0.15, 0.2) is 6.10 Å². The van der Waals surface area contributed by atoms with Crippen molar-refractivity contribution < 1.29 is 13.9 Å². The number of hydrogen-bond acceptors (Lipinski definition) is 7. The first-order valence-electron chi connectivity index (χ1n) is 9.53. The van der Waals surface area contributed by atoms with Crippen LogP contribution in [0, 0.1) is 6.92 Å². The summed E-state index contributed by atoms with van der Waals surface area (Å²) in [6.45, 7) is 3.75. The molecule has 0 fully saturated rings. The third-order valence-corrected chi connectivity index (χ3v) is 5.60. The average molecular weight is 407 g/mol. The number of carbonyl (C=O) groups is 1. The maximum atomic E-state index is 12.2. The highest BCUT2D eigenvalue weighted by molar-refractivity contribution is 7.18. The summed E-state index contributed by atoms with van der Waals surface area (Å²) in [6, 6.07) is 15.8. The van der Waals surface area contributed by atoms with Crippen LogP contribution in [0.4, 0.5) is 0 Å². The van der Waals surface area contributed by atoms with Crippen molar-refractivity contribution in [2.45, 2.75) is 39.2 Å². The largest absolute Gasteiger partial charge is 0.453 e. The third-order valence-electron chi connectivity index (χ3n) is 4.50. The molecule has 29 heavy (non-hydrogen) atoms. The van der Waals surface area contributed by atoms with Crippen LogP contribution in [0.5, 0.6) is 0 Å². The third kappa shape index (κ3) is 4.68. The molecule has 2 aromatic heterocycles. The normalized spacial score (nSPS) is 12.2. The summed E-state index contributed by atoms with van der Waals surface area (Å²) in [4.78, 5) is 16.8. The van der Waals surface area contributed by atoms with Crippen molar-refractivity contribution in [1.82, 2.24) is 15.2 Å². The van der Waals surface area contributed by atoms with Crippen LogP contribution in [-0.2, 0) is 16.0 Å². The number of rotatable bonds is 7. The van der Waals surface area contributed by atoms with Crippen LogP contribution in [0.15, 0.2) is 52.9 Å². The molecule has 0 aliphatic carbocycles. The molecule has 6 nitrogen and oxygen atoms in total. The van der Waals surface area contributed by atoms with E-state index in [0.29, 0.717) is 24.6 Å². The predicted molar refractivity (Wildman–Crippen MR) is 112 cm³/mol. The van der Waals surface area contributed by atoms with Crippen LogP contribution in [0.3, 0.4) is 0 Å². The van der Waals surface area contributed by atoms with Gasteiger partial charge in [-0.1, -0.05) is 29.8 Å². The van der Waals surface area contributed by atoms with Gasteiger partial charge in [0.1, 0.15) is 0 Å². The molecule has 0 radical (unpaired) electrons. The molecule has 2 aromatic carbocycles. The van der Waals surface area contributed by atoms with Gasteiger partial charge >= 0.3 is 5.97 Å². The number of carbonyl (C=O) groups excluding carboxylic acids is 1. The second-order valence-corrected chi connectivity index (χ2v) is 7.99. The van der Waals surface area contributed by atoms with Crippen molar-refractivity contribution >= 4 is 27.5 Å². The van der Waals surface area contributed by atoms with E-state index in [0.717, 1.165) is 28.1 Å². The number of ether oxygens (including phenoxy) is 1. The van der Waals surface area contributed by atoms with Crippen molar-refractivity contribution in [1.29, 1.82) is 0 Å². The van der Waals surface area contributed by atoms with E-state index in [-0.39, 0.29) is 5.97 Å². The average Bonchev–Trinajstić information content (AvgIpc) is 3.35. The van der Waals surface area contributed by atoms with Crippen LogP contribution < -0.4 is 0 Å². The zero-order valence-corrected chi connectivity index (χ0v) is 17.1. The Hall–Kier alpha value is -3.06. The molecular formula is C22H21N3O3S. The van der Waals surface area contributed by atoms with E-state index in [9.17, 15) is 4.79 Å². The number of benzene rings is 2. The van der Waals surface area contributed by atoms with E-state index in [1.54, 1.807) is 18.3 Å². The van der Waals surface area contributed by atoms with E-state index in [1.807, 2.05) is 49.4 Å². The number of aryl methyl sites for hydroxylation is 2. The van der Waals surface area contributed by atoms with Gasteiger partial charge in [0.2, 0.25) is 5.89 Å². The van der Waals surface area contributed by atoms with Crippen molar-refractivity contribution in [2.75, 3.05) is 0 Å². The molecule has 1 atom stereocenters. The van der Waals surface area contributed by atoms with E-state index >= 15 is 0 Å². The number of hydrogen-bond donors (Lipinski definition) is 0. The first-order chi connectivity index (χ1) is 14.1. The van der Waals surface area contributed by atoms with Gasteiger partial charge in [0, 0.05) is 12.0 Å². The number of esters is 1. The van der Waals surface area contributed by atoms with Gasteiger partial charge in [0.25, 0.3) is 5.89 Å². The van der Waals surface area contributed by atoms with Gasteiger partial charge in [-0.25, -0.2) is 4.98 Å². The summed E-state index contributed by atoms with van der Waals surface area (Å²) in [5, 5.41) is 9.10. The number of fused-ring (bicyclic) bond motifs is 1. The monoisotopic (exact) mass is 407 g/mol. The molecule has 2 heterocycles. The standard InChI is InChI=1S/C22H21N3O3S/c1-14-10-12-16(13-11-14)22-25-24-21(28-22)15(2)27-20(26)9-5-8-19-23-17-6-3-4-7-18(17)29-19/h3-4,6-7,10-13,15H,5,8-9H2,1-2H3/t15-/m0/s1. The highest BCUT2D eigenvalue weighted by Crippen LogP contribution is 2.24. The molecule has 7 heteroatoms. The SMILES string of the molecule is Cc1ccc(-c2nnc([C@H](C)OC(=O)CCCc3nc4ccccc4s3)o2)cc1. The van der Waals surface area contributed by atoms with Gasteiger partial charge in [0.05, 0.1) is 15.2 Å². The molecule has 0 spiro atoms. The fourth-order valence-corrected chi connectivity index (χ4v) is 3.94. The van der Waals surface area contributed by atoms with E-state index in [1.165, 1.54) is 4.70 Å². The lowest BCUT2D eigenvalue weighted by Crippen LogP contribution is -2.09. The summed E-state index contributed by atoms with van der Waals surface area (Å²) in [6.07, 6.45) is 1.17. The van der Waals surface area contributed by atoms with Crippen molar-refractivity contribution in [3.8, 4) is 11.5 Å². The number of nitrogens with zero attached hydrogens (tertiary/aromatic N) is 3. The Morgan fingerprint density at radius 1 is 1.14 bits per heavy atom. The fourth-order valence-electron chi connectivity index (χ4n) is 2.93. The van der Waals surface area contributed by atoms with E-state index in [4.69, 9.17) is 9.15 Å². The lowest BCUT2D eigenvalue weighted by Gasteiger charge is -2.08.